The maximum atomic E-state index is 13.6. The van der Waals surface area contributed by atoms with Gasteiger partial charge in [0.05, 0.1) is 0 Å². The summed E-state index contributed by atoms with van der Waals surface area (Å²) in [6.07, 6.45) is 0.544. The lowest BCUT2D eigenvalue weighted by Crippen LogP contribution is -2.30. The molecule has 0 spiro atoms. The summed E-state index contributed by atoms with van der Waals surface area (Å²) in [6.45, 7) is 0. The monoisotopic (exact) mass is 293 g/mol. The molecule has 2 aromatic carbocycles. The normalized spacial score (nSPS) is 12.3. The van der Waals surface area contributed by atoms with Gasteiger partial charge >= 0.3 is 0 Å². The van der Waals surface area contributed by atoms with Crippen molar-refractivity contribution in [2.45, 2.75) is 17.4 Å². The van der Waals surface area contributed by atoms with Crippen molar-refractivity contribution in [2.75, 3.05) is 12.8 Å². The molecule has 0 aliphatic rings. The van der Waals surface area contributed by atoms with Crippen LogP contribution in [0.15, 0.2) is 53.4 Å². The predicted octanol–water partition coefficient (Wildman–Crippen LogP) is 3.89. The lowest BCUT2D eigenvalue weighted by atomic mass is 10.1. The fourth-order valence-electron chi connectivity index (χ4n) is 1.91. The molecular weight excluding hydrogens is 276 g/mol. The van der Waals surface area contributed by atoms with E-state index < -0.39 is 11.6 Å². The van der Waals surface area contributed by atoms with E-state index in [0.29, 0.717) is 12.0 Å². The van der Waals surface area contributed by atoms with Crippen LogP contribution in [0, 0.1) is 11.6 Å². The number of thioether (sulfide) groups is 1. The van der Waals surface area contributed by atoms with Crippen LogP contribution in [0.25, 0.3) is 0 Å². The third kappa shape index (κ3) is 4.32. The van der Waals surface area contributed by atoms with Gasteiger partial charge in [-0.2, -0.15) is 0 Å². The topological polar surface area (TPSA) is 12.0 Å². The molecule has 1 atom stereocenters. The van der Waals surface area contributed by atoms with Crippen LogP contribution in [0.5, 0.6) is 0 Å². The zero-order valence-corrected chi connectivity index (χ0v) is 12.1. The molecule has 4 heteroatoms. The fraction of sp³-hybridized carbons (Fsp3) is 0.250. The van der Waals surface area contributed by atoms with Crippen LogP contribution >= 0.6 is 11.8 Å². The lowest BCUT2D eigenvalue weighted by molar-refractivity contribution is 0.550. The molecule has 0 radical (unpaired) electrons. The van der Waals surface area contributed by atoms with Crippen molar-refractivity contribution in [3.8, 4) is 0 Å². The molecule has 1 nitrogen and oxygen atoms in total. The van der Waals surface area contributed by atoms with Crippen molar-refractivity contribution >= 4 is 11.8 Å². The van der Waals surface area contributed by atoms with Gasteiger partial charge in [0.2, 0.25) is 0 Å². The Labute approximate surface area is 122 Å². The van der Waals surface area contributed by atoms with Crippen LogP contribution in [0.2, 0.25) is 0 Å². The summed E-state index contributed by atoms with van der Waals surface area (Å²) in [7, 11) is 1.86. The van der Waals surface area contributed by atoms with E-state index in [1.165, 1.54) is 17.0 Å². The smallest absolute Gasteiger partial charge is 0.129 e. The number of hydrogen-bond acceptors (Lipinski definition) is 2. The van der Waals surface area contributed by atoms with E-state index in [1.54, 1.807) is 11.8 Å². The summed E-state index contributed by atoms with van der Waals surface area (Å²) in [5.74, 6) is -0.182. The maximum Gasteiger partial charge on any atom is 0.129 e. The van der Waals surface area contributed by atoms with E-state index in [4.69, 9.17) is 0 Å². The number of nitrogens with one attached hydrogen (secondary N) is 1. The second-order valence-corrected chi connectivity index (χ2v) is 5.64. The first kappa shape index (κ1) is 15.0. The van der Waals surface area contributed by atoms with Crippen molar-refractivity contribution in [1.82, 2.24) is 5.32 Å². The molecule has 0 amide bonds. The molecule has 0 aliphatic carbocycles. The lowest BCUT2D eigenvalue weighted by Gasteiger charge is -2.16. The molecule has 0 fully saturated rings. The SMILES string of the molecule is CNC(CSc1ccccc1)Cc1ccc(F)cc1F. The van der Waals surface area contributed by atoms with E-state index in [9.17, 15) is 8.78 Å². The fourth-order valence-corrected chi connectivity index (χ4v) is 2.94. The highest BCUT2D eigenvalue weighted by Gasteiger charge is 2.11. The molecule has 1 unspecified atom stereocenters. The van der Waals surface area contributed by atoms with Gasteiger partial charge in [-0.05, 0) is 37.2 Å². The number of likely N-dealkylation sites (N-methyl/N-ethyl adjacent to an activating group) is 1. The van der Waals surface area contributed by atoms with Gasteiger partial charge in [-0.1, -0.05) is 24.3 Å². The summed E-state index contributed by atoms with van der Waals surface area (Å²) in [6, 6.07) is 14.0. The first-order valence-corrected chi connectivity index (χ1v) is 7.46. The van der Waals surface area contributed by atoms with Crippen molar-refractivity contribution in [3.05, 3.63) is 65.7 Å². The Morgan fingerprint density at radius 3 is 2.50 bits per heavy atom. The van der Waals surface area contributed by atoms with Gasteiger partial charge in [-0.15, -0.1) is 11.8 Å². The largest absolute Gasteiger partial charge is 0.316 e. The van der Waals surface area contributed by atoms with Gasteiger partial charge in [-0.3, -0.25) is 0 Å². The minimum Gasteiger partial charge on any atom is -0.316 e. The second kappa shape index (κ2) is 7.41. The molecule has 0 saturated carbocycles. The Balaban J connectivity index is 1.95. The first-order valence-electron chi connectivity index (χ1n) is 6.48. The standard InChI is InChI=1S/C16H17F2NS/c1-19-14(11-20-15-5-3-2-4-6-15)9-12-7-8-13(17)10-16(12)18/h2-8,10,14,19H,9,11H2,1H3. The summed E-state index contributed by atoms with van der Waals surface area (Å²) >= 11 is 1.72. The molecule has 0 aliphatic heterocycles. The Kier molecular flexibility index (Phi) is 5.56. The van der Waals surface area contributed by atoms with Gasteiger partial charge in [0.15, 0.2) is 0 Å². The highest BCUT2D eigenvalue weighted by Crippen LogP contribution is 2.20. The molecule has 106 valence electrons. The maximum absolute atomic E-state index is 13.6. The number of rotatable bonds is 6. The quantitative estimate of drug-likeness (QED) is 0.811. The highest BCUT2D eigenvalue weighted by molar-refractivity contribution is 7.99. The first-order chi connectivity index (χ1) is 9.69. The Hall–Kier alpha value is -1.39. The van der Waals surface area contributed by atoms with E-state index >= 15 is 0 Å². The molecule has 0 bridgehead atoms. The number of hydrogen-bond donors (Lipinski definition) is 1. The van der Waals surface area contributed by atoms with Gasteiger partial charge in [0.25, 0.3) is 0 Å². The van der Waals surface area contributed by atoms with E-state index in [0.717, 1.165) is 11.8 Å². The van der Waals surface area contributed by atoms with Gasteiger partial charge in [0, 0.05) is 22.8 Å². The molecule has 2 aromatic rings. The Morgan fingerprint density at radius 1 is 1.10 bits per heavy atom. The van der Waals surface area contributed by atoms with Crippen LogP contribution in [-0.2, 0) is 6.42 Å². The molecule has 20 heavy (non-hydrogen) atoms. The van der Waals surface area contributed by atoms with Crippen LogP contribution in [0.1, 0.15) is 5.56 Å². The highest BCUT2D eigenvalue weighted by atomic mass is 32.2. The Bertz CT molecular complexity index is 545. The molecule has 2 rings (SSSR count). The van der Waals surface area contributed by atoms with Crippen molar-refractivity contribution in [2.24, 2.45) is 0 Å². The zero-order chi connectivity index (χ0) is 14.4. The minimum atomic E-state index is -0.536. The van der Waals surface area contributed by atoms with E-state index in [-0.39, 0.29) is 6.04 Å². The van der Waals surface area contributed by atoms with Crippen LogP contribution in [0.4, 0.5) is 8.78 Å². The molecular formula is C16H17F2NS. The number of halogens is 2. The van der Waals surface area contributed by atoms with Crippen LogP contribution in [0.3, 0.4) is 0 Å². The van der Waals surface area contributed by atoms with Crippen molar-refractivity contribution in [3.63, 3.8) is 0 Å². The molecule has 0 heterocycles. The van der Waals surface area contributed by atoms with Gasteiger partial charge < -0.3 is 5.32 Å². The second-order valence-electron chi connectivity index (χ2n) is 4.55. The third-order valence-electron chi connectivity index (χ3n) is 3.08. The van der Waals surface area contributed by atoms with Crippen LogP contribution in [-0.4, -0.2) is 18.8 Å². The van der Waals surface area contributed by atoms with E-state index in [2.05, 4.69) is 17.4 Å². The van der Waals surface area contributed by atoms with Crippen LogP contribution < -0.4 is 5.32 Å². The minimum absolute atomic E-state index is 0.139. The molecule has 1 N–H and O–H groups in total. The van der Waals surface area contributed by atoms with E-state index in [1.807, 2.05) is 25.2 Å². The average Bonchev–Trinajstić information content (AvgIpc) is 2.46. The predicted molar refractivity (Wildman–Crippen MR) is 80.1 cm³/mol. The van der Waals surface area contributed by atoms with Gasteiger partial charge in [-0.25, -0.2) is 8.78 Å². The summed E-state index contributed by atoms with van der Waals surface area (Å²) in [5.41, 5.74) is 0.541. The summed E-state index contributed by atoms with van der Waals surface area (Å²) in [4.78, 5) is 1.19. The molecule has 0 saturated heterocycles. The Morgan fingerprint density at radius 2 is 1.85 bits per heavy atom. The van der Waals surface area contributed by atoms with Crippen molar-refractivity contribution in [1.29, 1.82) is 0 Å². The summed E-state index contributed by atoms with van der Waals surface area (Å²) < 4.78 is 26.5. The van der Waals surface area contributed by atoms with Gasteiger partial charge in [0.1, 0.15) is 11.6 Å². The summed E-state index contributed by atoms with van der Waals surface area (Å²) in [5, 5.41) is 3.18. The zero-order valence-electron chi connectivity index (χ0n) is 11.3. The average molecular weight is 293 g/mol. The molecule has 0 aromatic heterocycles. The third-order valence-corrected chi connectivity index (χ3v) is 4.26. The van der Waals surface area contributed by atoms with Crippen molar-refractivity contribution < 1.29 is 8.78 Å². The number of benzene rings is 2.